The number of hydrogen-bond acceptors (Lipinski definition) is 2. The maximum Gasteiger partial charge on any atom is 0.108 e. The second-order valence-corrected chi connectivity index (χ2v) is 6.03. The smallest absolute Gasteiger partial charge is 0.108 e. The lowest BCUT2D eigenvalue weighted by molar-refractivity contribution is 0.130. The standard InChI is InChI=1S/C15H27N3/c1-3-13-5-4-7-15(11-13,12-16)8-6-14-17-9-10-18(14)2/h9-10,13H,3-8,11-12,16H2,1-2H3. The molecule has 3 heteroatoms. The number of hydrogen-bond donors (Lipinski definition) is 1. The molecule has 2 rings (SSSR count). The molecule has 0 spiro atoms. The van der Waals surface area contributed by atoms with Crippen LogP contribution in [-0.4, -0.2) is 16.1 Å². The van der Waals surface area contributed by atoms with Crippen molar-refractivity contribution in [2.75, 3.05) is 6.54 Å². The monoisotopic (exact) mass is 249 g/mol. The summed E-state index contributed by atoms with van der Waals surface area (Å²) in [5.74, 6) is 2.09. The van der Waals surface area contributed by atoms with Crippen LogP contribution in [0.3, 0.4) is 0 Å². The van der Waals surface area contributed by atoms with Gasteiger partial charge in [-0.15, -0.1) is 0 Å². The van der Waals surface area contributed by atoms with Crippen molar-refractivity contribution in [3.8, 4) is 0 Å². The quantitative estimate of drug-likeness (QED) is 0.872. The highest BCUT2D eigenvalue weighted by atomic mass is 15.0. The number of nitrogens with two attached hydrogens (primary N) is 1. The fourth-order valence-corrected chi connectivity index (χ4v) is 3.46. The average molecular weight is 249 g/mol. The fraction of sp³-hybridized carbons (Fsp3) is 0.800. The highest BCUT2D eigenvalue weighted by molar-refractivity contribution is 4.95. The molecule has 1 heterocycles. The van der Waals surface area contributed by atoms with Gasteiger partial charge in [-0.25, -0.2) is 4.98 Å². The normalized spacial score (nSPS) is 28.5. The van der Waals surface area contributed by atoms with Gasteiger partial charge >= 0.3 is 0 Å². The first kappa shape index (κ1) is 13.6. The van der Waals surface area contributed by atoms with Crippen LogP contribution >= 0.6 is 0 Å². The lowest BCUT2D eigenvalue weighted by Crippen LogP contribution is -2.36. The van der Waals surface area contributed by atoms with E-state index < -0.39 is 0 Å². The summed E-state index contributed by atoms with van der Waals surface area (Å²) in [5.41, 5.74) is 6.49. The molecule has 1 aromatic heterocycles. The molecule has 0 radical (unpaired) electrons. The first-order valence-corrected chi connectivity index (χ1v) is 7.35. The Morgan fingerprint density at radius 3 is 3.00 bits per heavy atom. The van der Waals surface area contributed by atoms with Crippen molar-refractivity contribution < 1.29 is 0 Å². The highest BCUT2D eigenvalue weighted by Gasteiger charge is 2.34. The van der Waals surface area contributed by atoms with Gasteiger partial charge in [0.2, 0.25) is 0 Å². The second-order valence-electron chi connectivity index (χ2n) is 6.03. The third-order valence-electron chi connectivity index (χ3n) is 4.85. The molecule has 3 nitrogen and oxygen atoms in total. The summed E-state index contributed by atoms with van der Waals surface area (Å²) in [5, 5.41) is 0. The van der Waals surface area contributed by atoms with E-state index in [0.717, 1.165) is 18.9 Å². The number of aromatic nitrogens is 2. The van der Waals surface area contributed by atoms with Crippen molar-refractivity contribution in [2.24, 2.45) is 24.1 Å². The van der Waals surface area contributed by atoms with Crippen LogP contribution in [0, 0.1) is 11.3 Å². The van der Waals surface area contributed by atoms with Crippen LogP contribution in [0.1, 0.15) is 51.3 Å². The first-order chi connectivity index (χ1) is 8.69. The molecule has 102 valence electrons. The predicted octanol–water partition coefficient (Wildman–Crippen LogP) is 2.90. The number of imidazole rings is 1. The maximum absolute atomic E-state index is 6.11. The molecule has 2 atom stereocenters. The first-order valence-electron chi connectivity index (χ1n) is 7.35. The molecule has 18 heavy (non-hydrogen) atoms. The van der Waals surface area contributed by atoms with Crippen molar-refractivity contribution in [1.29, 1.82) is 0 Å². The third-order valence-corrected chi connectivity index (χ3v) is 4.85. The van der Waals surface area contributed by atoms with Gasteiger partial charge in [-0.3, -0.25) is 0 Å². The molecule has 1 fully saturated rings. The van der Waals surface area contributed by atoms with Gasteiger partial charge in [0.15, 0.2) is 0 Å². The summed E-state index contributed by atoms with van der Waals surface area (Å²) in [6.45, 7) is 3.16. The van der Waals surface area contributed by atoms with Gasteiger partial charge in [0, 0.05) is 25.9 Å². The minimum atomic E-state index is 0.380. The summed E-state index contributed by atoms with van der Waals surface area (Å²) in [6.07, 6.45) is 12.9. The summed E-state index contributed by atoms with van der Waals surface area (Å²) in [6, 6.07) is 0. The lowest BCUT2D eigenvalue weighted by Gasteiger charge is -2.40. The summed E-state index contributed by atoms with van der Waals surface area (Å²) >= 11 is 0. The van der Waals surface area contributed by atoms with Crippen LogP contribution in [0.4, 0.5) is 0 Å². The molecule has 0 aromatic carbocycles. The van der Waals surface area contributed by atoms with Crippen molar-refractivity contribution in [1.82, 2.24) is 9.55 Å². The Bertz CT molecular complexity index is 372. The predicted molar refractivity (Wildman–Crippen MR) is 75.3 cm³/mol. The van der Waals surface area contributed by atoms with Crippen LogP contribution in [0.5, 0.6) is 0 Å². The van der Waals surface area contributed by atoms with E-state index in [1.807, 2.05) is 12.4 Å². The van der Waals surface area contributed by atoms with Crippen molar-refractivity contribution in [3.63, 3.8) is 0 Å². The molecule has 0 aliphatic heterocycles. The van der Waals surface area contributed by atoms with Gasteiger partial charge in [-0.2, -0.15) is 0 Å². The van der Waals surface area contributed by atoms with Crippen LogP contribution in [0.15, 0.2) is 12.4 Å². The Kier molecular flexibility index (Phi) is 4.44. The molecule has 1 aliphatic rings. The number of aryl methyl sites for hydroxylation is 2. The Morgan fingerprint density at radius 2 is 2.39 bits per heavy atom. The zero-order chi connectivity index (χ0) is 13.0. The third kappa shape index (κ3) is 2.94. The summed E-state index contributed by atoms with van der Waals surface area (Å²) in [4.78, 5) is 4.43. The molecule has 0 bridgehead atoms. The molecule has 2 N–H and O–H groups in total. The van der Waals surface area contributed by atoms with Crippen LogP contribution in [-0.2, 0) is 13.5 Å². The van der Waals surface area contributed by atoms with Crippen molar-refractivity contribution in [3.05, 3.63) is 18.2 Å². The average Bonchev–Trinajstić information content (AvgIpc) is 2.82. The van der Waals surface area contributed by atoms with Gasteiger partial charge in [-0.05, 0) is 37.1 Å². The van der Waals surface area contributed by atoms with Crippen LogP contribution < -0.4 is 5.73 Å². The van der Waals surface area contributed by atoms with Gasteiger partial charge in [-0.1, -0.05) is 26.2 Å². The topological polar surface area (TPSA) is 43.8 Å². The molecule has 1 aromatic rings. The Morgan fingerprint density at radius 1 is 1.56 bits per heavy atom. The molecule has 2 unspecified atom stereocenters. The van der Waals surface area contributed by atoms with Crippen molar-refractivity contribution in [2.45, 2.75) is 51.9 Å². The summed E-state index contributed by atoms with van der Waals surface area (Å²) < 4.78 is 2.13. The van der Waals surface area contributed by atoms with E-state index in [1.165, 1.54) is 44.3 Å². The van der Waals surface area contributed by atoms with E-state index in [-0.39, 0.29) is 0 Å². The maximum atomic E-state index is 6.11. The molecule has 1 aliphatic carbocycles. The minimum absolute atomic E-state index is 0.380. The Balaban J connectivity index is 1.97. The minimum Gasteiger partial charge on any atom is -0.338 e. The van der Waals surface area contributed by atoms with E-state index in [0.29, 0.717) is 5.41 Å². The van der Waals surface area contributed by atoms with Gasteiger partial charge < -0.3 is 10.3 Å². The Hall–Kier alpha value is -0.830. The molecule has 1 saturated carbocycles. The van der Waals surface area contributed by atoms with Gasteiger partial charge in [0.25, 0.3) is 0 Å². The van der Waals surface area contributed by atoms with Gasteiger partial charge in [0.05, 0.1) is 0 Å². The summed E-state index contributed by atoms with van der Waals surface area (Å²) in [7, 11) is 2.08. The molecule has 0 saturated heterocycles. The molecular weight excluding hydrogens is 222 g/mol. The zero-order valence-corrected chi connectivity index (χ0v) is 11.9. The fourth-order valence-electron chi connectivity index (χ4n) is 3.46. The van der Waals surface area contributed by atoms with E-state index in [9.17, 15) is 0 Å². The van der Waals surface area contributed by atoms with Gasteiger partial charge in [0.1, 0.15) is 5.82 Å². The SMILES string of the molecule is CCC1CCCC(CN)(CCc2nccn2C)C1. The molecule has 0 amide bonds. The van der Waals surface area contributed by atoms with E-state index >= 15 is 0 Å². The van der Waals surface area contributed by atoms with E-state index in [4.69, 9.17) is 5.73 Å². The highest BCUT2D eigenvalue weighted by Crippen LogP contribution is 2.43. The van der Waals surface area contributed by atoms with E-state index in [1.54, 1.807) is 0 Å². The largest absolute Gasteiger partial charge is 0.338 e. The number of rotatable bonds is 5. The lowest BCUT2D eigenvalue weighted by atomic mass is 9.66. The zero-order valence-electron chi connectivity index (χ0n) is 11.9. The number of nitrogens with zero attached hydrogens (tertiary/aromatic N) is 2. The van der Waals surface area contributed by atoms with Crippen LogP contribution in [0.2, 0.25) is 0 Å². The Labute approximate surface area is 111 Å². The van der Waals surface area contributed by atoms with Crippen molar-refractivity contribution >= 4 is 0 Å². The second kappa shape index (κ2) is 5.87. The van der Waals surface area contributed by atoms with Crippen LogP contribution in [0.25, 0.3) is 0 Å². The molecular formula is C15H27N3. The van der Waals surface area contributed by atoms with E-state index in [2.05, 4.69) is 23.5 Å².